The number of guanidine groups is 1. The summed E-state index contributed by atoms with van der Waals surface area (Å²) in [4.78, 5) is 16.9. The fraction of sp³-hybridized carbons (Fsp3) is 0.417. The molecule has 0 aliphatic carbocycles. The maximum absolute atomic E-state index is 12.3. The van der Waals surface area contributed by atoms with Gasteiger partial charge >= 0.3 is 0 Å². The Morgan fingerprint density at radius 3 is 2.41 bits per heavy atom. The monoisotopic (exact) mass is 554 g/mol. The molecule has 0 bridgehead atoms. The van der Waals surface area contributed by atoms with Gasteiger partial charge in [0, 0.05) is 38.4 Å². The number of carbonyl (C=O) groups is 1. The standard InChI is InChI=1S/C24H34N4O3.HI/c1-4-31-16-6-13-26-24(28-18-20-9-11-22(30-3)12-10-20)27-15-14-25-23(29)21-8-5-7-19(2)17-21;/h5,7-12,17H,4,6,13-16,18H2,1-3H3,(H,25,29)(H2,26,27,28);1H. The van der Waals surface area contributed by atoms with Crippen LogP contribution in [0.25, 0.3) is 0 Å². The number of methoxy groups -OCH3 is 1. The Bertz CT molecular complexity index is 828. The molecule has 0 heterocycles. The molecule has 0 atom stereocenters. The van der Waals surface area contributed by atoms with Crippen molar-refractivity contribution in [1.82, 2.24) is 16.0 Å². The highest BCUT2D eigenvalue weighted by atomic mass is 127. The Balaban J connectivity index is 0.00000512. The van der Waals surface area contributed by atoms with Gasteiger partial charge in [-0.3, -0.25) is 4.79 Å². The summed E-state index contributed by atoms with van der Waals surface area (Å²) >= 11 is 0. The minimum Gasteiger partial charge on any atom is -0.497 e. The van der Waals surface area contributed by atoms with Crippen molar-refractivity contribution >= 4 is 35.8 Å². The van der Waals surface area contributed by atoms with Crippen molar-refractivity contribution in [3.05, 3.63) is 65.2 Å². The van der Waals surface area contributed by atoms with Crippen molar-refractivity contribution < 1.29 is 14.3 Å². The Labute approximate surface area is 208 Å². The number of hydrogen-bond donors (Lipinski definition) is 3. The third-order valence-corrected chi connectivity index (χ3v) is 4.52. The second-order valence-electron chi connectivity index (χ2n) is 7.04. The van der Waals surface area contributed by atoms with Crippen LogP contribution in [0.1, 0.15) is 34.8 Å². The van der Waals surface area contributed by atoms with Crippen molar-refractivity contribution in [3.63, 3.8) is 0 Å². The number of nitrogens with one attached hydrogen (secondary N) is 3. The summed E-state index contributed by atoms with van der Waals surface area (Å²) in [6.45, 7) is 7.75. The highest BCUT2D eigenvalue weighted by Crippen LogP contribution is 2.11. The van der Waals surface area contributed by atoms with Gasteiger partial charge in [-0.15, -0.1) is 24.0 Å². The molecule has 0 unspecified atom stereocenters. The Hall–Kier alpha value is -2.33. The van der Waals surface area contributed by atoms with Crippen LogP contribution in [-0.4, -0.2) is 51.8 Å². The van der Waals surface area contributed by atoms with Gasteiger partial charge in [0.15, 0.2) is 5.96 Å². The molecule has 0 saturated carbocycles. The van der Waals surface area contributed by atoms with Crippen LogP contribution in [0.5, 0.6) is 5.75 Å². The number of rotatable bonds is 12. The number of amides is 1. The number of halogens is 1. The fourth-order valence-corrected chi connectivity index (χ4v) is 2.85. The average molecular weight is 554 g/mol. The van der Waals surface area contributed by atoms with Crippen LogP contribution in [0, 0.1) is 6.92 Å². The minimum atomic E-state index is -0.0769. The number of benzene rings is 2. The molecule has 0 radical (unpaired) electrons. The zero-order chi connectivity index (χ0) is 22.3. The van der Waals surface area contributed by atoms with Crippen LogP contribution in [0.15, 0.2) is 53.5 Å². The third kappa shape index (κ3) is 10.8. The highest BCUT2D eigenvalue weighted by molar-refractivity contribution is 14.0. The van der Waals surface area contributed by atoms with Gasteiger partial charge in [0.25, 0.3) is 5.91 Å². The summed E-state index contributed by atoms with van der Waals surface area (Å²) in [5, 5.41) is 9.53. The number of nitrogens with zero attached hydrogens (tertiary/aromatic N) is 1. The Morgan fingerprint density at radius 1 is 1.00 bits per heavy atom. The smallest absolute Gasteiger partial charge is 0.251 e. The van der Waals surface area contributed by atoms with Crippen LogP contribution < -0.4 is 20.7 Å². The van der Waals surface area contributed by atoms with Crippen LogP contribution in [0.4, 0.5) is 0 Å². The summed E-state index contributed by atoms with van der Waals surface area (Å²) in [5.41, 5.74) is 2.82. The van der Waals surface area contributed by atoms with Gasteiger partial charge in [-0.25, -0.2) is 4.99 Å². The quantitative estimate of drug-likeness (QED) is 0.162. The lowest BCUT2D eigenvalue weighted by atomic mass is 10.1. The number of carbonyl (C=O) groups excluding carboxylic acids is 1. The van der Waals surface area contributed by atoms with E-state index in [-0.39, 0.29) is 29.9 Å². The van der Waals surface area contributed by atoms with Gasteiger partial charge in [-0.05, 0) is 50.1 Å². The first kappa shape index (κ1) is 27.7. The molecule has 2 rings (SSSR count). The molecule has 1 amide bonds. The second kappa shape index (κ2) is 16.3. The molecule has 0 spiro atoms. The minimum absolute atomic E-state index is 0. The number of aryl methyl sites for hydroxylation is 1. The van der Waals surface area contributed by atoms with Crippen LogP contribution in [-0.2, 0) is 11.3 Å². The fourth-order valence-electron chi connectivity index (χ4n) is 2.85. The molecule has 0 fully saturated rings. The average Bonchev–Trinajstić information content (AvgIpc) is 2.79. The SMILES string of the molecule is CCOCCCNC(=NCc1ccc(OC)cc1)NCCNC(=O)c1cccc(C)c1.I. The van der Waals surface area contributed by atoms with Gasteiger partial charge in [-0.2, -0.15) is 0 Å². The zero-order valence-electron chi connectivity index (χ0n) is 19.1. The lowest BCUT2D eigenvalue weighted by Gasteiger charge is -2.13. The summed E-state index contributed by atoms with van der Waals surface area (Å²) < 4.78 is 10.6. The topological polar surface area (TPSA) is 84.0 Å². The van der Waals surface area contributed by atoms with Gasteiger partial charge in [0.05, 0.1) is 13.7 Å². The zero-order valence-corrected chi connectivity index (χ0v) is 21.5. The van der Waals surface area contributed by atoms with Crippen molar-refractivity contribution in [1.29, 1.82) is 0 Å². The molecule has 2 aromatic carbocycles. The van der Waals surface area contributed by atoms with Gasteiger partial charge in [-0.1, -0.05) is 29.8 Å². The molecule has 3 N–H and O–H groups in total. The van der Waals surface area contributed by atoms with Crippen molar-refractivity contribution in [3.8, 4) is 5.75 Å². The van der Waals surface area contributed by atoms with E-state index >= 15 is 0 Å². The summed E-state index contributed by atoms with van der Waals surface area (Å²) in [6, 6.07) is 15.4. The predicted molar refractivity (Wildman–Crippen MR) is 140 cm³/mol. The number of ether oxygens (including phenoxy) is 2. The molecule has 8 heteroatoms. The van der Waals surface area contributed by atoms with E-state index in [4.69, 9.17) is 9.47 Å². The van der Waals surface area contributed by atoms with Crippen molar-refractivity contribution in [2.24, 2.45) is 4.99 Å². The molecule has 7 nitrogen and oxygen atoms in total. The highest BCUT2D eigenvalue weighted by Gasteiger charge is 2.05. The third-order valence-electron chi connectivity index (χ3n) is 4.52. The van der Waals surface area contributed by atoms with Crippen molar-refractivity contribution in [2.75, 3.05) is 40.0 Å². The first-order chi connectivity index (χ1) is 15.1. The van der Waals surface area contributed by atoms with Gasteiger partial charge in [0.1, 0.15) is 5.75 Å². The molecular formula is C24H35IN4O3. The lowest BCUT2D eigenvalue weighted by molar-refractivity contribution is 0.0954. The summed E-state index contributed by atoms with van der Waals surface area (Å²) in [5.74, 6) is 1.45. The van der Waals surface area contributed by atoms with E-state index in [1.807, 2.05) is 62.4 Å². The maximum Gasteiger partial charge on any atom is 0.251 e. The van der Waals surface area contributed by atoms with E-state index < -0.39 is 0 Å². The van der Waals surface area contributed by atoms with Crippen LogP contribution >= 0.6 is 24.0 Å². The molecule has 2 aromatic rings. The van der Waals surface area contributed by atoms with Gasteiger partial charge < -0.3 is 25.4 Å². The van der Waals surface area contributed by atoms with E-state index in [1.165, 1.54) is 0 Å². The Kier molecular flexibility index (Phi) is 14.1. The summed E-state index contributed by atoms with van der Waals surface area (Å²) in [7, 11) is 1.65. The number of aliphatic imine (C=N–C) groups is 1. The molecule has 0 aromatic heterocycles. The second-order valence-corrected chi connectivity index (χ2v) is 7.04. The van der Waals surface area contributed by atoms with E-state index in [0.29, 0.717) is 37.8 Å². The Morgan fingerprint density at radius 2 is 1.72 bits per heavy atom. The molecule has 176 valence electrons. The first-order valence-corrected chi connectivity index (χ1v) is 10.7. The first-order valence-electron chi connectivity index (χ1n) is 10.7. The van der Waals surface area contributed by atoms with Crippen molar-refractivity contribution in [2.45, 2.75) is 26.8 Å². The molecule has 0 saturated heterocycles. The van der Waals surface area contributed by atoms with E-state index in [9.17, 15) is 4.79 Å². The van der Waals surface area contributed by atoms with Gasteiger partial charge in [0.2, 0.25) is 0 Å². The lowest BCUT2D eigenvalue weighted by Crippen LogP contribution is -2.42. The van der Waals surface area contributed by atoms with E-state index in [1.54, 1.807) is 7.11 Å². The predicted octanol–water partition coefficient (Wildman–Crippen LogP) is 3.51. The molecule has 0 aliphatic rings. The van der Waals surface area contributed by atoms with E-state index in [2.05, 4.69) is 20.9 Å². The largest absolute Gasteiger partial charge is 0.497 e. The molecular weight excluding hydrogens is 519 g/mol. The maximum atomic E-state index is 12.3. The molecule has 0 aliphatic heterocycles. The normalized spacial score (nSPS) is 10.8. The molecule has 32 heavy (non-hydrogen) atoms. The van der Waals surface area contributed by atoms with Crippen LogP contribution in [0.2, 0.25) is 0 Å². The van der Waals surface area contributed by atoms with Crippen LogP contribution in [0.3, 0.4) is 0 Å². The number of hydrogen-bond acceptors (Lipinski definition) is 4. The summed E-state index contributed by atoms with van der Waals surface area (Å²) in [6.07, 6.45) is 0.890. The van der Waals surface area contributed by atoms with E-state index in [0.717, 1.165) is 36.4 Å².